The van der Waals surface area contributed by atoms with Crippen molar-refractivity contribution in [2.45, 2.75) is 25.8 Å². The van der Waals surface area contributed by atoms with Crippen LogP contribution in [0.25, 0.3) is 0 Å². The van der Waals surface area contributed by atoms with Crippen molar-refractivity contribution in [3.63, 3.8) is 0 Å². The molecule has 144 valence electrons. The quantitative estimate of drug-likeness (QED) is 0.800. The van der Waals surface area contributed by atoms with Crippen molar-refractivity contribution in [3.05, 3.63) is 52.5 Å². The molecule has 1 unspecified atom stereocenters. The van der Waals surface area contributed by atoms with Crippen LogP contribution in [-0.4, -0.2) is 33.3 Å². The van der Waals surface area contributed by atoms with Gasteiger partial charge in [0.05, 0.1) is 31.9 Å². The largest absolute Gasteiger partial charge is 0.497 e. The Labute approximate surface area is 164 Å². The van der Waals surface area contributed by atoms with Crippen molar-refractivity contribution in [2.24, 2.45) is 5.41 Å². The molecule has 0 heterocycles. The van der Waals surface area contributed by atoms with Crippen molar-refractivity contribution in [2.75, 3.05) is 21.3 Å². The molecule has 0 aliphatic heterocycles. The summed E-state index contributed by atoms with van der Waals surface area (Å²) in [6.07, 6.45) is 0. The number of ether oxygens (including phenoxy) is 3. The van der Waals surface area contributed by atoms with Gasteiger partial charge in [-0.1, -0.05) is 37.6 Å². The van der Waals surface area contributed by atoms with Crippen molar-refractivity contribution in [3.8, 4) is 17.2 Å². The number of rotatable bonds is 6. The normalized spacial score (nSPS) is 19.9. The lowest BCUT2D eigenvalue weighted by Crippen LogP contribution is -2.29. The van der Waals surface area contributed by atoms with Crippen LogP contribution < -0.4 is 19.5 Å². The van der Waals surface area contributed by atoms with E-state index in [-0.39, 0.29) is 23.3 Å². The molecule has 6 heteroatoms. The van der Waals surface area contributed by atoms with E-state index >= 15 is 0 Å². The number of hydrogen-bond donors (Lipinski definition) is 1. The van der Waals surface area contributed by atoms with Gasteiger partial charge in [-0.05, 0) is 29.2 Å². The van der Waals surface area contributed by atoms with Crippen molar-refractivity contribution in [1.29, 1.82) is 0 Å². The molecule has 2 atom stereocenters. The third-order valence-corrected chi connectivity index (χ3v) is 5.60. The van der Waals surface area contributed by atoms with Crippen LogP contribution in [0.1, 0.15) is 35.7 Å². The van der Waals surface area contributed by atoms with Gasteiger partial charge in [0.25, 0.3) is 5.91 Å². The van der Waals surface area contributed by atoms with Gasteiger partial charge in [-0.3, -0.25) is 4.79 Å². The molecule has 1 saturated carbocycles. The lowest BCUT2D eigenvalue weighted by atomic mass is 10.0. The van der Waals surface area contributed by atoms with Crippen LogP contribution >= 0.6 is 11.6 Å². The molecule has 0 aromatic heterocycles. The van der Waals surface area contributed by atoms with E-state index in [0.29, 0.717) is 22.1 Å². The van der Waals surface area contributed by atoms with Crippen LogP contribution in [0.4, 0.5) is 0 Å². The van der Waals surface area contributed by atoms with Crippen LogP contribution in [0.5, 0.6) is 17.2 Å². The highest BCUT2D eigenvalue weighted by molar-refractivity contribution is 6.32. The first kappa shape index (κ1) is 19.4. The molecule has 0 bridgehead atoms. The van der Waals surface area contributed by atoms with E-state index in [1.807, 2.05) is 24.3 Å². The lowest BCUT2D eigenvalue weighted by Gasteiger charge is -2.13. The molecule has 27 heavy (non-hydrogen) atoms. The van der Waals surface area contributed by atoms with Crippen LogP contribution in [0, 0.1) is 5.41 Å². The minimum Gasteiger partial charge on any atom is -0.497 e. The number of methoxy groups -OCH3 is 3. The Kier molecular flexibility index (Phi) is 5.24. The van der Waals surface area contributed by atoms with E-state index in [9.17, 15) is 4.79 Å². The average Bonchev–Trinajstić information content (AvgIpc) is 3.21. The Morgan fingerprint density at radius 1 is 1.00 bits per heavy atom. The number of amides is 1. The van der Waals surface area contributed by atoms with E-state index < -0.39 is 0 Å². The molecule has 0 spiro atoms. The predicted octanol–water partition coefficient (Wildman–Crippen LogP) is 4.29. The molecule has 2 aromatic rings. The molecular weight excluding hydrogens is 366 g/mol. The Morgan fingerprint density at radius 3 is 2.19 bits per heavy atom. The monoisotopic (exact) mass is 389 g/mol. The highest BCUT2D eigenvalue weighted by Crippen LogP contribution is 2.58. The first-order chi connectivity index (χ1) is 12.8. The summed E-state index contributed by atoms with van der Waals surface area (Å²) in [6, 6.07) is 11.2. The molecular formula is C21H24ClNO4. The summed E-state index contributed by atoms with van der Waals surface area (Å²) in [5, 5.41) is 3.49. The third kappa shape index (κ3) is 3.56. The molecule has 1 fully saturated rings. The molecule has 5 nitrogen and oxygen atoms in total. The van der Waals surface area contributed by atoms with Gasteiger partial charge in [0.2, 0.25) is 0 Å². The summed E-state index contributed by atoms with van der Waals surface area (Å²) >= 11 is 6.19. The molecule has 1 amide bonds. The van der Waals surface area contributed by atoms with Gasteiger partial charge in [-0.2, -0.15) is 0 Å². The topological polar surface area (TPSA) is 56.8 Å². The zero-order chi connectivity index (χ0) is 19.8. The first-order valence-corrected chi connectivity index (χ1v) is 9.07. The standard InChI is InChI=1S/C21H24ClNO4/c1-21(2)18(12-6-8-13(25-3)9-7-12)19(21)23-20(24)14-10-15(22)17(27-5)11-16(14)26-4/h6-11,18-19H,1-5H3,(H,23,24)/t18-,19?/m0/s1. The second-order valence-electron chi connectivity index (χ2n) is 7.21. The summed E-state index contributed by atoms with van der Waals surface area (Å²) in [7, 11) is 4.68. The van der Waals surface area contributed by atoms with Crippen molar-refractivity contribution < 1.29 is 19.0 Å². The van der Waals surface area contributed by atoms with Crippen LogP contribution in [0.15, 0.2) is 36.4 Å². The van der Waals surface area contributed by atoms with Crippen molar-refractivity contribution >= 4 is 17.5 Å². The Balaban J connectivity index is 1.80. The number of halogens is 1. The fourth-order valence-corrected chi connectivity index (χ4v) is 3.84. The van der Waals surface area contributed by atoms with Gasteiger partial charge in [-0.25, -0.2) is 0 Å². The van der Waals surface area contributed by atoms with Crippen LogP contribution in [0.2, 0.25) is 5.02 Å². The van der Waals surface area contributed by atoms with E-state index in [4.69, 9.17) is 25.8 Å². The van der Waals surface area contributed by atoms with Gasteiger partial charge < -0.3 is 19.5 Å². The fraction of sp³-hybridized carbons (Fsp3) is 0.381. The van der Waals surface area contributed by atoms with Gasteiger partial charge in [0.15, 0.2) is 0 Å². The number of benzene rings is 2. The summed E-state index contributed by atoms with van der Waals surface area (Å²) in [4.78, 5) is 12.9. The second-order valence-corrected chi connectivity index (χ2v) is 7.62. The molecule has 3 rings (SSSR count). The first-order valence-electron chi connectivity index (χ1n) is 8.69. The summed E-state index contributed by atoms with van der Waals surface area (Å²) in [6.45, 7) is 4.29. The van der Waals surface area contributed by atoms with Crippen LogP contribution in [0.3, 0.4) is 0 Å². The number of carbonyl (C=O) groups is 1. The number of hydrogen-bond acceptors (Lipinski definition) is 4. The maximum Gasteiger partial charge on any atom is 0.255 e. The summed E-state index contributed by atoms with van der Waals surface area (Å²) < 4.78 is 15.7. The second kappa shape index (κ2) is 7.31. The minimum atomic E-state index is -0.217. The maximum atomic E-state index is 12.9. The molecule has 1 aliphatic rings. The van der Waals surface area contributed by atoms with E-state index in [1.165, 1.54) is 19.8 Å². The lowest BCUT2D eigenvalue weighted by molar-refractivity contribution is 0.0943. The number of carbonyl (C=O) groups excluding carboxylic acids is 1. The zero-order valence-corrected chi connectivity index (χ0v) is 16.9. The average molecular weight is 390 g/mol. The molecule has 0 radical (unpaired) electrons. The zero-order valence-electron chi connectivity index (χ0n) is 16.1. The highest BCUT2D eigenvalue weighted by atomic mass is 35.5. The molecule has 2 aromatic carbocycles. The highest BCUT2D eigenvalue weighted by Gasteiger charge is 2.59. The van der Waals surface area contributed by atoms with Gasteiger partial charge in [0, 0.05) is 18.0 Å². The van der Waals surface area contributed by atoms with E-state index in [2.05, 4.69) is 19.2 Å². The maximum absolute atomic E-state index is 12.9. The fourth-order valence-electron chi connectivity index (χ4n) is 3.60. The van der Waals surface area contributed by atoms with Gasteiger partial charge >= 0.3 is 0 Å². The molecule has 0 saturated heterocycles. The van der Waals surface area contributed by atoms with E-state index in [0.717, 1.165) is 5.75 Å². The Hall–Kier alpha value is -2.40. The van der Waals surface area contributed by atoms with Gasteiger partial charge in [0.1, 0.15) is 17.2 Å². The smallest absolute Gasteiger partial charge is 0.255 e. The summed E-state index contributed by atoms with van der Waals surface area (Å²) in [5.74, 6) is 1.72. The Morgan fingerprint density at radius 2 is 1.63 bits per heavy atom. The van der Waals surface area contributed by atoms with Crippen LogP contribution in [-0.2, 0) is 0 Å². The van der Waals surface area contributed by atoms with Crippen molar-refractivity contribution in [1.82, 2.24) is 5.32 Å². The SMILES string of the molecule is COc1ccc([C@H]2C(NC(=O)c3cc(Cl)c(OC)cc3OC)C2(C)C)cc1. The predicted molar refractivity (Wildman–Crippen MR) is 105 cm³/mol. The van der Waals surface area contributed by atoms with Gasteiger partial charge in [-0.15, -0.1) is 0 Å². The van der Waals surface area contributed by atoms with E-state index in [1.54, 1.807) is 19.2 Å². The Bertz CT molecular complexity index is 848. The molecule has 1 N–H and O–H groups in total. The third-order valence-electron chi connectivity index (χ3n) is 5.31. The minimum absolute atomic E-state index is 0.0176. The number of nitrogens with one attached hydrogen (secondary N) is 1. The summed E-state index contributed by atoms with van der Waals surface area (Å²) in [5.41, 5.74) is 1.51. The molecule has 1 aliphatic carbocycles.